The van der Waals surface area contributed by atoms with E-state index in [1.165, 1.54) is 11.8 Å². The third-order valence-corrected chi connectivity index (χ3v) is 9.94. The van der Waals surface area contributed by atoms with Gasteiger partial charge in [-0.3, -0.25) is 4.79 Å². The van der Waals surface area contributed by atoms with Crippen molar-refractivity contribution in [3.63, 3.8) is 0 Å². The van der Waals surface area contributed by atoms with E-state index in [2.05, 4.69) is 33.4 Å². The highest BCUT2D eigenvalue weighted by molar-refractivity contribution is 9.10. The van der Waals surface area contributed by atoms with Gasteiger partial charge in [-0.2, -0.15) is 4.98 Å². The number of carbonyl (C=O) groups is 2. The van der Waals surface area contributed by atoms with E-state index in [9.17, 15) is 9.59 Å². The Morgan fingerprint density at radius 1 is 1.09 bits per heavy atom. The van der Waals surface area contributed by atoms with Crippen LogP contribution < -0.4 is 14.8 Å². The van der Waals surface area contributed by atoms with Gasteiger partial charge >= 0.3 is 5.97 Å². The van der Waals surface area contributed by atoms with Gasteiger partial charge < -0.3 is 29.2 Å². The van der Waals surface area contributed by atoms with Crippen LogP contribution >= 0.6 is 27.7 Å². The Hall–Kier alpha value is -3.55. The zero-order chi connectivity index (χ0) is 32.8. The molecule has 3 heterocycles. The number of nitrogens with zero attached hydrogens (tertiary/aromatic N) is 4. The number of benzene rings is 2. The van der Waals surface area contributed by atoms with Gasteiger partial charge in [-0.15, -0.1) is 5.10 Å². The molecule has 3 aromatic rings. The average Bonchev–Trinajstić information content (AvgIpc) is 3.50. The molecule has 1 aromatic heterocycles. The first kappa shape index (κ1) is 33.4. The molecular formula is C34H40BrN5O6S. The van der Waals surface area contributed by atoms with E-state index < -0.39 is 6.04 Å². The van der Waals surface area contributed by atoms with Crippen LogP contribution in [-0.4, -0.2) is 77.2 Å². The maximum atomic E-state index is 14.0. The number of allylic oxidation sites excluding steroid dienone is 1. The summed E-state index contributed by atoms with van der Waals surface area (Å²) in [6.07, 6.45) is 4.87. The summed E-state index contributed by atoms with van der Waals surface area (Å²) in [6, 6.07) is 13.2. The van der Waals surface area contributed by atoms with Crippen LogP contribution in [0.4, 0.5) is 5.95 Å². The van der Waals surface area contributed by atoms with Crippen molar-refractivity contribution < 1.29 is 28.5 Å². The van der Waals surface area contributed by atoms with Gasteiger partial charge in [-0.1, -0.05) is 48.5 Å². The van der Waals surface area contributed by atoms with Crippen LogP contribution in [0.15, 0.2) is 63.4 Å². The van der Waals surface area contributed by atoms with Gasteiger partial charge in [0.2, 0.25) is 11.1 Å². The van der Waals surface area contributed by atoms with Crippen molar-refractivity contribution in [3.05, 3.63) is 69.3 Å². The van der Waals surface area contributed by atoms with E-state index in [1.807, 2.05) is 44.2 Å². The Kier molecular flexibility index (Phi) is 11.0. The lowest BCUT2D eigenvalue weighted by atomic mass is 9.94. The standard InChI is InChI=1S/C34H40BrN5O6S/c1-3-44-27-19-24(18-26(35)31(27)45-20-28(41)39-14-16-43-17-15-39)30-29(32(42)46-25-12-8-5-9-13-25)22(2)36-33-37-34(38-40(30)33)47-21-23-10-6-4-7-11-23/h4,6-7,10-11,18-19,25,30H,3,5,8-9,12-17,20-21H2,1-2H3,(H,36,37,38). The topological polar surface area (TPSA) is 117 Å². The van der Waals surface area contributed by atoms with Crippen molar-refractivity contribution in [1.29, 1.82) is 0 Å². The summed E-state index contributed by atoms with van der Waals surface area (Å²) >= 11 is 5.21. The largest absolute Gasteiger partial charge is 0.490 e. The fraction of sp³-hybridized carbons (Fsp3) is 0.471. The van der Waals surface area contributed by atoms with E-state index in [0.717, 1.165) is 43.2 Å². The summed E-state index contributed by atoms with van der Waals surface area (Å²) in [4.78, 5) is 33.4. The Morgan fingerprint density at radius 3 is 2.60 bits per heavy atom. The first-order chi connectivity index (χ1) is 22.9. The van der Waals surface area contributed by atoms with Gasteiger partial charge in [-0.05, 0) is 78.7 Å². The number of ether oxygens (including phenoxy) is 4. The Morgan fingerprint density at radius 2 is 1.85 bits per heavy atom. The van der Waals surface area contributed by atoms with Gasteiger partial charge in [0.25, 0.3) is 5.91 Å². The third kappa shape index (κ3) is 7.95. The van der Waals surface area contributed by atoms with E-state index in [4.69, 9.17) is 29.0 Å². The van der Waals surface area contributed by atoms with Crippen molar-refractivity contribution in [1.82, 2.24) is 19.7 Å². The summed E-state index contributed by atoms with van der Waals surface area (Å²) in [6.45, 7) is 6.08. The average molecular weight is 727 g/mol. The fourth-order valence-corrected chi connectivity index (χ4v) is 7.43. The molecule has 2 aromatic carbocycles. The summed E-state index contributed by atoms with van der Waals surface area (Å²) in [5, 5.41) is 8.79. The van der Waals surface area contributed by atoms with E-state index >= 15 is 0 Å². The Labute approximate surface area is 287 Å². The summed E-state index contributed by atoms with van der Waals surface area (Å²) in [5.74, 6) is 1.59. The van der Waals surface area contributed by atoms with Crippen LogP contribution in [-0.2, 0) is 24.8 Å². The quantitative estimate of drug-likeness (QED) is 0.183. The number of anilines is 1. The molecule has 1 atom stereocenters. The minimum atomic E-state index is -0.652. The van der Waals surface area contributed by atoms with Crippen molar-refractivity contribution in [2.45, 2.75) is 69.0 Å². The lowest BCUT2D eigenvalue weighted by Gasteiger charge is -2.30. The highest BCUT2D eigenvalue weighted by Crippen LogP contribution is 2.44. The molecule has 3 aliphatic rings. The number of nitrogens with one attached hydrogen (secondary N) is 1. The Balaban J connectivity index is 1.33. The molecule has 1 aliphatic carbocycles. The van der Waals surface area contributed by atoms with Crippen LogP contribution in [0.3, 0.4) is 0 Å². The Bertz CT molecular complexity index is 1600. The molecule has 6 rings (SSSR count). The molecule has 2 fully saturated rings. The minimum Gasteiger partial charge on any atom is -0.490 e. The van der Waals surface area contributed by atoms with Crippen LogP contribution in [0.2, 0.25) is 0 Å². The van der Waals surface area contributed by atoms with Gasteiger partial charge in [0.1, 0.15) is 12.1 Å². The highest BCUT2D eigenvalue weighted by atomic mass is 79.9. The van der Waals surface area contributed by atoms with Crippen molar-refractivity contribution >= 4 is 45.5 Å². The molecule has 1 unspecified atom stereocenters. The second-order valence-corrected chi connectivity index (χ2v) is 13.5. The molecule has 1 saturated heterocycles. The summed E-state index contributed by atoms with van der Waals surface area (Å²) < 4.78 is 25.9. The lowest BCUT2D eigenvalue weighted by molar-refractivity contribution is -0.146. The second-order valence-electron chi connectivity index (χ2n) is 11.7. The van der Waals surface area contributed by atoms with Crippen molar-refractivity contribution in [2.75, 3.05) is 44.8 Å². The molecule has 13 heteroatoms. The lowest BCUT2D eigenvalue weighted by Crippen LogP contribution is -2.43. The molecule has 1 amide bonds. The van der Waals surface area contributed by atoms with E-state index in [1.54, 1.807) is 9.58 Å². The molecule has 0 spiro atoms. The van der Waals surface area contributed by atoms with E-state index in [-0.39, 0.29) is 24.6 Å². The number of rotatable bonds is 11. The zero-order valence-corrected chi connectivity index (χ0v) is 29.1. The number of thioether (sulfide) groups is 1. The minimum absolute atomic E-state index is 0.114. The molecule has 250 valence electrons. The normalized spacial score (nSPS) is 18.4. The number of amides is 1. The predicted octanol–water partition coefficient (Wildman–Crippen LogP) is 6.13. The molecule has 47 heavy (non-hydrogen) atoms. The number of hydrogen-bond acceptors (Lipinski definition) is 10. The first-order valence-electron chi connectivity index (χ1n) is 16.2. The maximum absolute atomic E-state index is 14.0. The van der Waals surface area contributed by atoms with Crippen LogP contribution in [0, 0.1) is 0 Å². The molecule has 2 aliphatic heterocycles. The van der Waals surface area contributed by atoms with Gasteiger partial charge in [0, 0.05) is 24.5 Å². The number of aromatic nitrogens is 3. The molecule has 11 nitrogen and oxygen atoms in total. The number of morpholine rings is 1. The maximum Gasteiger partial charge on any atom is 0.338 e. The summed E-state index contributed by atoms with van der Waals surface area (Å²) in [7, 11) is 0. The van der Waals surface area contributed by atoms with Gasteiger partial charge in [0.15, 0.2) is 18.1 Å². The number of esters is 1. The monoisotopic (exact) mass is 725 g/mol. The number of carbonyl (C=O) groups excluding carboxylic acids is 2. The SMILES string of the molecule is CCOc1cc(C2C(C(=O)OC3CCCCC3)=C(C)Nc3nc(SCc4ccccc4)nn32)cc(Br)c1OCC(=O)N1CCOCC1. The number of fused-ring (bicyclic) bond motifs is 1. The van der Waals surface area contributed by atoms with Crippen LogP contribution in [0.1, 0.15) is 63.1 Å². The highest BCUT2D eigenvalue weighted by Gasteiger charge is 2.37. The molecule has 1 N–H and O–H groups in total. The fourth-order valence-electron chi connectivity index (χ4n) is 6.07. The van der Waals surface area contributed by atoms with Crippen LogP contribution in [0.25, 0.3) is 0 Å². The molecule has 1 saturated carbocycles. The van der Waals surface area contributed by atoms with Gasteiger partial charge in [-0.25, -0.2) is 9.48 Å². The van der Waals surface area contributed by atoms with E-state index in [0.29, 0.717) is 77.0 Å². The first-order valence-corrected chi connectivity index (χ1v) is 18.0. The zero-order valence-electron chi connectivity index (χ0n) is 26.7. The smallest absolute Gasteiger partial charge is 0.338 e. The van der Waals surface area contributed by atoms with Crippen molar-refractivity contribution in [3.8, 4) is 11.5 Å². The molecule has 0 radical (unpaired) electrons. The second kappa shape index (κ2) is 15.6. The summed E-state index contributed by atoms with van der Waals surface area (Å²) in [5.41, 5.74) is 3.00. The third-order valence-electron chi connectivity index (χ3n) is 8.44. The number of halogens is 1. The number of hydrogen-bond donors (Lipinski definition) is 1. The molecule has 0 bridgehead atoms. The van der Waals surface area contributed by atoms with Crippen LogP contribution in [0.5, 0.6) is 11.5 Å². The van der Waals surface area contributed by atoms with Crippen molar-refractivity contribution in [2.24, 2.45) is 0 Å². The predicted molar refractivity (Wildman–Crippen MR) is 182 cm³/mol. The van der Waals surface area contributed by atoms with Gasteiger partial charge in [0.05, 0.1) is 29.9 Å². The molecular weight excluding hydrogens is 686 g/mol.